The topological polar surface area (TPSA) is 68.5 Å². The zero-order valence-corrected chi connectivity index (χ0v) is 11.5. The summed E-state index contributed by atoms with van der Waals surface area (Å²) in [5, 5.41) is 10.7. The lowest BCUT2D eigenvalue weighted by molar-refractivity contribution is -0.141. The quantitative estimate of drug-likeness (QED) is 0.873. The molecule has 2 aromatic heterocycles. The van der Waals surface area contributed by atoms with Gasteiger partial charge >= 0.3 is 6.18 Å². The summed E-state index contributed by atoms with van der Waals surface area (Å²) in [5.41, 5.74) is -0.992. The van der Waals surface area contributed by atoms with Gasteiger partial charge in [-0.25, -0.2) is 9.97 Å². The van der Waals surface area contributed by atoms with Crippen molar-refractivity contribution in [2.75, 3.05) is 11.9 Å². The van der Waals surface area contributed by atoms with Crippen LogP contribution in [0.3, 0.4) is 0 Å². The lowest BCUT2D eigenvalue weighted by atomic mass is 10.4. The number of nitrogens with one attached hydrogen (secondary N) is 1. The minimum atomic E-state index is -4.53. The average molecular weight is 304 g/mol. The van der Waals surface area contributed by atoms with E-state index in [9.17, 15) is 13.2 Å². The highest BCUT2D eigenvalue weighted by molar-refractivity contribution is 7.99. The van der Waals surface area contributed by atoms with E-state index in [-0.39, 0.29) is 11.0 Å². The summed E-state index contributed by atoms with van der Waals surface area (Å²) in [5.74, 6) is -0.0630. The monoisotopic (exact) mass is 304 g/mol. The molecule has 0 unspecified atom stereocenters. The summed E-state index contributed by atoms with van der Waals surface area (Å²) < 4.78 is 39.9. The molecule has 0 fully saturated rings. The predicted molar refractivity (Wildman–Crippen MR) is 66.3 cm³/mol. The minimum Gasteiger partial charge on any atom is -0.354 e. The maximum absolute atomic E-state index is 12.8. The minimum absolute atomic E-state index is 0.0630. The number of hydrogen-bond donors (Lipinski definition) is 1. The second kappa shape index (κ2) is 5.65. The predicted octanol–water partition coefficient (Wildman–Crippen LogP) is 2.21. The molecule has 2 heterocycles. The smallest absolute Gasteiger partial charge is 0.354 e. The molecule has 0 radical (unpaired) electrons. The molecule has 2 aromatic rings. The summed E-state index contributed by atoms with van der Waals surface area (Å²) in [4.78, 5) is 7.45. The maximum atomic E-state index is 12.8. The fourth-order valence-corrected chi connectivity index (χ4v) is 2.09. The number of alkyl halides is 3. The second-order valence-corrected chi connectivity index (χ2v) is 4.76. The fraction of sp³-hybridized carbons (Fsp3) is 0.400. The molecular formula is C10H11F3N6S. The molecule has 108 valence electrons. The first-order valence-corrected chi connectivity index (χ1v) is 6.43. The maximum Gasteiger partial charge on any atom is 0.433 e. The molecule has 0 saturated heterocycles. The van der Waals surface area contributed by atoms with Crippen LogP contribution in [0.15, 0.2) is 22.6 Å². The van der Waals surface area contributed by atoms with E-state index in [0.717, 1.165) is 17.8 Å². The molecule has 10 heteroatoms. The van der Waals surface area contributed by atoms with Gasteiger partial charge in [-0.2, -0.15) is 13.2 Å². The third kappa shape index (κ3) is 3.38. The first kappa shape index (κ1) is 14.6. The number of rotatable bonds is 4. The van der Waals surface area contributed by atoms with Crippen molar-refractivity contribution in [3.05, 3.63) is 18.1 Å². The third-order valence-electron chi connectivity index (χ3n) is 2.19. The van der Waals surface area contributed by atoms with Gasteiger partial charge in [-0.1, -0.05) is 0 Å². The van der Waals surface area contributed by atoms with E-state index in [1.165, 1.54) is 6.33 Å². The van der Waals surface area contributed by atoms with Crippen molar-refractivity contribution >= 4 is 17.7 Å². The van der Waals surface area contributed by atoms with E-state index in [4.69, 9.17) is 0 Å². The number of aryl methyl sites for hydroxylation is 1. The van der Waals surface area contributed by atoms with Crippen LogP contribution in [0.25, 0.3) is 0 Å². The van der Waals surface area contributed by atoms with Crippen LogP contribution in [-0.2, 0) is 13.2 Å². The summed E-state index contributed by atoms with van der Waals surface area (Å²) in [6.45, 7) is 2.18. The molecule has 0 aliphatic carbocycles. The Labute approximate surface area is 116 Å². The Morgan fingerprint density at radius 3 is 2.65 bits per heavy atom. The van der Waals surface area contributed by atoms with Crippen molar-refractivity contribution in [2.45, 2.75) is 23.3 Å². The second-order valence-electron chi connectivity index (χ2n) is 3.77. The van der Waals surface area contributed by atoms with Gasteiger partial charge in [0.25, 0.3) is 0 Å². The van der Waals surface area contributed by atoms with Gasteiger partial charge in [-0.05, 0) is 18.7 Å². The van der Waals surface area contributed by atoms with E-state index in [1.807, 2.05) is 0 Å². The molecule has 0 aliphatic rings. The standard InChI is InChI=1S/C10H11F3N6S/c1-3-14-8-16-6(10(11,12)13)4-7(17-8)20-9-18-15-5-19(9)2/h4-5H,3H2,1-2H3,(H,14,16,17). The molecule has 0 saturated carbocycles. The zero-order chi connectivity index (χ0) is 14.8. The zero-order valence-electron chi connectivity index (χ0n) is 10.6. The van der Waals surface area contributed by atoms with E-state index in [1.54, 1.807) is 18.5 Å². The summed E-state index contributed by atoms with van der Waals surface area (Å²) in [6.07, 6.45) is -3.07. The third-order valence-corrected chi connectivity index (χ3v) is 3.16. The Bertz CT molecular complexity index is 597. The molecule has 0 bridgehead atoms. The van der Waals surface area contributed by atoms with Crippen LogP contribution in [0.5, 0.6) is 0 Å². The Morgan fingerprint density at radius 1 is 1.35 bits per heavy atom. The van der Waals surface area contributed by atoms with Gasteiger partial charge in [0.15, 0.2) is 10.9 Å². The van der Waals surface area contributed by atoms with Gasteiger partial charge in [0.1, 0.15) is 11.4 Å². The van der Waals surface area contributed by atoms with Crippen molar-refractivity contribution in [1.29, 1.82) is 0 Å². The Morgan fingerprint density at radius 2 is 2.10 bits per heavy atom. The van der Waals surface area contributed by atoms with E-state index in [0.29, 0.717) is 11.7 Å². The van der Waals surface area contributed by atoms with Crippen molar-refractivity contribution < 1.29 is 13.2 Å². The molecule has 0 amide bonds. The van der Waals surface area contributed by atoms with Crippen LogP contribution in [-0.4, -0.2) is 31.3 Å². The van der Waals surface area contributed by atoms with Gasteiger partial charge < -0.3 is 9.88 Å². The van der Waals surface area contributed by atoms with E-state index in [2.05, 4.69) is 25.5 Å². The summed E-state index contributed by atoms with van der Waals surface area (Å²) in [7, 11) is 1.69. The summed E-state index contributed by atoms with van der Waals surface area (Å²) >= 11 is 0.989. The fourth-order valence-electron chi connectivity index (χ4n) is 1.32. The van der Waals surface area contributed by atoms with Crippen molar-refractivity contribution in [3.8, 4) is 0 Å². The number of anilines is 1. The Balaban J connectivity index is 2.36. The number of hydrogen-bond acceptors (Lipinski definition) is 6. The van der Waals surface area contributed by atoms with Crippen LogP contribution in [0.4, 0.5) is 19.1 Å². The highest BCUT2D eigenvalue weighted by Crippen LogP contribution is 2.32. The molecule has 0 aliphatic heterocycles. The molecule has 6 nitrogen and oxygen atoms in total. The van der Waals surface area contributed by atoms with Gasteiger partial charge in [-0.3, -0.25) is 0 Å². The Kier molecular flexibility index (Phi) is 4.12. The summed E-state index contributed by atoms with van der Waals surface area (Å²) in [6, 6.07) is 0.889. The van der Waals surface area contributed by atoms with Crippen molar-refractivity contribution in [2.24, 2.45) is 7.05 Å². The van der Waals surface area contributed by atoms with Crippen LogP contribution in [0.2, 0.25) is 0 Å². The first-order valence-electron chi connectivity index (χ1n) is 5.62. The lowest BCUT2D eigenvalue weighted by Crippen LogP contribution is -2.12. The SMILES string of the molecule is CCNc1nc(Sc2nncn2C)cc(C(F)(F)F)n1. The molecule has 0 aromatic carbocycles. The molecule has 0 spiro atoms. The van der Waals surface area contributed by atoms with Crippen LogP contribution < -0.4 is 5.32 Å². The van der Waals surface area contributed by atoms with Crippen LogP contribution in [0, 0.1) is 0 Å². The van der Waals surface area contributed by atoms with Gasteiger partial charge in [-0.15, -0.1) is 10.2 Å². The van der Waals surface area contributed by atoms with E-state index >= 15 is 0 Å². The number of aromatic nitrogens is 5. The Hall–Kier alpha value is -1.84. The molecule has 0 atom stereocenters. The highest BCUT2D eigenvalue weighted by atomic mass is 32.2. The van der Waals surface area contributed by atoms with Crippen LogP contribution in [0.1, 0.15) is 12.6 Å². The number of halogens is 3. The van der Waals surface area contributed by atoms with Crippen molar-refractivity contribution in [3.63, 3.8) is 0 Å². The lowest BCUT2D eigenvalue weighted by Gasteiger charge is -2.10. The van der Waals surface area contributed by atoms with Crippen LogP contribution >= 0.6 is 11.8 Å². The van der Waals surface area contributed by atoms with Crippen molar-refractivity contribution in [1.82, 2.24) is 24.7 Å². The normalized spacial score (nSPS) is 11.7. The molecular weight excluding hydrogens is 293 g/mol. The van der Waals surface area contributed by atoms with Gasteiger partial charge in [0.05, 0.1) is 0 Å². The molecule has 1 N–H and O–H groups in total. The first-order chi connectivity index (χ1) is 9.40. The number of nitrogens with zero attached hydrogens (tertiary/aromatic N) is 5. The van der Waals surface area contributed by atoms with Gasteiger partial charge in [0.2, 0.25) is 5.95 Å². The highest BCUT2D eigenvalue weighted by Gasteiger charge is 2.33. The average Bonchev–Trinajstić information content (AvgIpc) is 2.74. The molecule has 20 heavy (non-hydrogen) atoms. The van der Waals surface area contributed by atoms with E-state index < -0.39 is 11.9 Å². The van der Waals surface area contributed by atoms with Gasteiger partial charge in [0, 0.05) is 19.7 Å². The molecule has 2 rings (SSSR count). The largest absolute Gasteiger partial charge is 0.433 e.